The molecule has 126 valence electrons. The lowest BCUT2D eigenvalue weighted by Crippen LogP contribution is -2.12. The van der Waals surface area contributed by atoms with Gasteiger partial charge in [0.1, 0.15) is 5.69 Å². The number of carbonyl (C=O) groups excluding carboxylic acids is 1. The zero-order chi connectivity index (χ0) is 17.6. The van der Waals surface area contributed by atoms with E-state index < -0.39 is 0 Å². The van der Waals surface area contributed by atoms with Crippen LogP contribution in [-0.2, 0) is 0 Å². The van der Waals surface area contributed by atoms with Crippen molar-refractivity contribution in [2.45, 2.75) is 19.9 Å². The third-order valence-electron chi connectivity index (χ3n) is 4.01. The first-order valence-corrected chi connectivity index (χ1v) is 8.73. The predicted octanol–water partition coefficient (Wildman–Crippen LogP) is 4.51. The lowest BCUT2D eigenvalue weighted by molar-refractivity contribution is 0.102. The maximum absolute atomic E-state index is 12.5. The van der Waals surface area contributed by atoms with Gasteiger partial charge in [-0.15, -0.1) is 0 Å². The van der Waals surface area contributed by atoms with Gasteiger partial charge in [-0.05, 0) is 44.2 Å². The molecule has 0 bridgehead atoms. The van der Waals surface area contributed by atoms with Crippen molar-refractivity contribution in [3.8, 4) is 0 Å². The van der Waals surface area contributed by atoms with Gasteiger partial charge in [-0.25, -0.2) is 9.67 Å². The Morgan fingerprint density at radius 3 is 2.84 bits per heavy atom. The van der Waals surface area contributed by atoms with Gasteiger partial charge in [-0.2, -0.15) is 5.10 Å². The molecule has 0 fully saturated rings. The van der Waals surface area contributed by atoms with Gasteiger partial charge >= 0.3 is 0 Å². The fourth-order valence-corrected chi connectivity index (χ4v) is 3.19. The van der Waals surface area contributed by atoms with E-state index in [1.165, 1.54) is 0 Å². The molecular formula is C18H16BrN5O. The Morgan fingerprint density at radius 1 is 1.20 bits per heavy atom. The van der Waals surface area contributed by atoms with Crippen LogP contribution < -0.4 is 5.32 Å². The number of rotatable bonds is 3. The summed E-state index contributed by atoms with van der Waals surface area (Å²) in [6.07, 6.45) is 3.42. The van der Waals surface area contributed by atoms with Crippen molar-refractivity contribution >= 4 is 49.5 Å². The Labute approximate surface area is 152 Å². The van der Waals surface area contributed by atoms with Crippen LogP contribution in [0.15, 0.2) is 47.2 Å². The van der Waals surface area contributed by atoms with E-state index >= 15 is 0 Å². The Balaban J connectivity index is 1.62. The molecule has 3 aromatic heterocycles. The highest BCUT2D eigenvalue weighted by molar-refractivity contribution is 9.10. The van der Waals surface area contributed by atoms with E-state index in [4.69, 9.17) is 0 Å². The highest BCUT2D eigenvalue weighted by Crippen LogP contribution is 2.22. The molecule has 4 rings (SSSR count). The number of H-pyrrole nitrogens is 1. The average Bonchev–Trinajstić information content (AvgIpc) is 3.17. The number of hydrogen-bond acceptors (Lipinski definition) is 3. The Morgan fingerprint density at radius 2 is 2.04 bits per heavy atom. The minimum atomic E-state index is -0.204. The summed E-state index contributed by atoms with van der Waals surface area (Å²) in [4.78, 5) is 20.1. The molecule has 1 aromatic carbocycles. The second kappa shape index (κ2) is 6.00. The molecule has 0 aliphatic heterocycles. The molecule has 25 heavy (non-hydrogen) atoms. The molecule has 4 aromatic rings. The Kier molecular flexibility index (Phi) is 3.80. The number of carbonyl (C=O) groups is 1. The van der Waals surface area contributed by atoms with Crippen LogP contribution in [-0.4, -0.2) is 25.7 Å². The van der Waals surface area contributed by atoms with Crippen LogP contribution in [0.25, 0.3) is 21.9 Å². The zero-order valence-electron chi connectivity index (χ0n) is 13.7. The number of hydrogen-bond donors (Lipinski definition) is 2. The van der Waals surface area contributed by atoms with Crippen LogP contribution in [0, 0.1) is 0 Å². The lowest BCUT2D eigenvalue weighted by atomic mass is 10.2. The molecule has 1 amide bonds. The van der Waals surface area contributed by atoms with E-state index in [1.807, 2.05) is 35.0 Å². The Bertz CT molecular complexity index is 1100. The van der Waals surface area contributed by atoms with Crippen LogP contribution >= 0.6 is 15.9 Å². The van der Waals surface area contributed by atoms with Crippen LogP contribution in [0.4, 0.5) is 5.69 Å². The first-order chi connectivity index (χ1) is 12.0. The SMILES string of the molecule is CC(C)n1ncc2cc(NC(=O)c3cc4cc(Br)ccc4[nH]3)cnc21. The number of aromatic amines is 1. The number of pyridine rings is 1. The monoisotopic (exact) mass is 397 g/mol. The van der Waals surface area contributed by atoms with E-state index in [2.05, 4.69) is 50.2 Å². The summed E-state index contributed by atoms with van der Waals surface area (Å²) in [6, 6.07) is 9.78. The van der Waals surface area contributed by atoms with Crippen LogP contribution in [0.3, 0.4) is 0 Å². The quantitative estimate of drug-likeness (QED) is 0.533. The summed E-state index contributed by atoms with van der Waals surface area (Å²) < 4.78 is 2.83. The predicted molar refractivity (Wildman–Crippen MR) is 102 cm³/mol. The van der Waals surface area contributed by atoms with Crippen molar-refractivity contribution in [3.05, 3.63) is 52.9 Å². The van der Waals surface area contributed by atoms with Gasteiger partial charge in [0.15, 0.2) is 5.65 Å². The topological polar surface area (TPSA) is 75.6 Å². The molecule has 6 nitrogen and oxygen atoms in total. The fraction of sp³-hybridized carbons (Fsp3) is 0.167. The van der Waals surface area contributed by atoms with Crippen molar-refractivity contribution in [2.24, 2.45) is 0 Å². The van der Waals surface area contributed by atoms with Gasteiger partial charge in [0.25, 0.3) is 5.91 Å². The number of amides is 1. The fourth-order valence-electron chi connectivity index (χ4n) is 2.81. The third-order valence-corrected chi connectivity index (χ3v) is 4.50. The molecule has 3 heterocycles. The summed E-state index contributed by atoms with van der Waals surface area (Å²) in [7, 11) is 0. The second-order valence-corrected chi connectivity index (χ2v) is 7.10. The molecule has 0 spiro atoms. The highest BCUT2D eigenvalue weighted by atomic mass is 79.9. The molecule has 0 saturated carbocycles. The van der Waals surface area contributed by atoms with Gasteiger partial charge < -0.3 is 10.3 Å². The number of fused-ring (bicyclic) bond motifs is 2. The summed E-state index contributed by atoms with van der Waals surface area (Å²) in [6.45, 7) is 4.11. The molecule has 2 N–H and O–H groups in total. The lowest BCUT2D eigenvalue weighted by Gasteiger charge is -2.07. The van der Waals surface area contributed by atoms with Crippen molar-refractivity contribution in [2.75, 3.05) is 5.32 Å². The standard InChI is InChI=1S/C18H16BrN5O/c1-10(2)24-17-12(8-21-24)6-14(9-20-17)22-18(25)16-7-11-5-13(19)3-4-15(11)23-16/h3-10,23H,1-2H3,(H,22,25). The van der Waals surface area contributed by atoms with Gasteiger partial charge in [0, 0.05) is 26.8 Å². The summed E-state index contributed by atoms with van der Waals surface area (Å²) in [5.41, 5.74) is 2.87. The summed E-state index contributed by atoms with van der Waals surface area (Å²) in [5, 5.41) is 9.10. The van der Waals surface area contributed by atoms with E-state index in [-0.39, 0.29) is 11.9 Å². The smallest absolute Gasteiger partial charge is 0.272 e. The second-order valence-electron chi connectivity index (χ2n) is 6.19. The summed E-state index contributed by atoms with van der Waals surface area (Å²) in [5.74, 6) is -0.204. The molecule has 0 aliphatic rings. The first kappa shape index (κ1) is 15.8. The molecule has 0 aliphatic carbocycles. The number of halogens is 1. The van der Waals surface area contributed by atoms with Gasteiger partial charge in [0.05, 0.1) is 18.1 Å². The van der Waals surface area contributed by atoms with Crippen molar-refractivity contribution in [3.63, 3.8) is 0 Å². The van der Waals surface area contributed by atoms with Gasteiger partial charge in [-0.3, -0.25) is 4.79 Å². The molecular weight excluding hydrogens is 382 g/mol. The van der Waals surface area contributed by atoms with E-state index in [0.717, 1.165) is 26.4 Å². The number of benzene rings is 1. The van der Waals surface area contributed by atoms with Crippen molar-refractivity contribution in [1.82, 2.24) is 19.7 Å². The van der Waals surface area contributed by atoms with Crippen LogP contribution in [0.1, 0.15) is 30.4 Å². The van der Waals surface area contributed by atoms with Gasteiger partial charge in [0.2, 0.25) is 0 Å². The van der Waals surface area contributed by atoms with E-state index in [0.29, 0.717) is 11.4 Å². The summed E-state index contributed by atoms with van der Waals surface area (Å²) >= 11 is 3.44. The molecule has 0 atom stereocenters. The normalized spacial score (nSPS) is 11.5. The number of aromatic nitrogens is 4. The highest BCUT2D eigenvalue weighted by Gasteiger charge is 2.12. The maximum atomic E-state index is 12.5. The van der Waals surface area contributed by atoms with Crippen LogP contribution in [0.2, 0.25) is 0 Å². The molecule has 0 radical (unpaired) electrons. The molecule has 7 heteroatoms. The minimum Gasteiger partial charge on any atom is -0.351 e. The molecule has 0 unspecified atom stereocenters. The van der Waals surface area contributed by atoms with E-state index in [1.54, 1.807) is 12.4 Å². The largest absolute Gasteiger partial charge is 0.351 e. The molecule has 0 saturated heterocycles. The minimum absolute atomic E-state index is 0.204. The zero-order valence-corrected chi connectivity index (χ0v) is 15.3. The van der Waals surface area contributed by atoms with Crippen molar-refractivity contribution in [1.29, 1.82) is 0 Å². The number of nitrogens with one attached hydrogen (secondary N) is 2. The van der Waals surface area contributed by atoms with E-state index in [9.17, 15) is 4.79 Å². The van der Waals surface area contributed by atoms with Crippen LogP contribution in [0.5, 0.6) is 0 Å². The number of anilines is 1. The maximum Gasteiger partial charge on any atom is 0.272 e. The first-order valence-electron chi connectivity index (χ1n) is 7.94. The third kappa shape index (κ3) is 2.91. The van der Waals surface area contributed by atoms with Gasteiger partial charge in [-0.1, -0.05) is 15.9 Å². The average molecular weight is 398 g/mol. The number of nitrogens with zero attached hydrogens (tertiary/aromatic N) is 3. The Hall–Kier alpha value is -2.67. The van der Waals surface area contributed by atoms with Crippen molar-refractivity contribution < 1.29 is 4.79 Å².